The number of likely N-dealkylation sites (N-methyl/N-ethyl adjacent to an activating group) is 1. The van der Waals surface area contributed by atoms with E-state index in [0.717, 1.165) is 26.2 Å². The highest BCUT2D eigenvalue weighted by Crippen LogP contribution is 2.23. The second-order valence-electron chi connectivity index (χ2n) is 6.07. The molecule has 0 aliphatic carbocycles. The minimum Gasteiger partial charge on any atom is -0.492 e. The van der Waals surface area contributed by atoms with E-state index in [-0.39, 0.29) is 6.03 Å². The molecule has 26 heavy (non-hydrogen) atoms. The van der Waals surface area contributed by atoms with E-state index in [9.17, 15) is 4.79 Å². The van der Waals surface area contributed by atoms with Crippen molar-refractivity contribution in [3.63, 3.8) is 0 Å². The Morgan fingerprint density at radius 3 is 2.50 bits per heavy atom. The van der Waals surface area contributed by atoms with Gasteiger partial charge in [-0.25, -0.2) is 14.8 Å². The third-order valence-corrected chi connectivity index (χ3v) is 4.12. The van der Waals surface area contributed by atoms with Crippen molar-refractivity contribution in [2.24, 2.45) is 0 Å². The first kappa shape index (κ1) is 17.9. The molecule has 0 bridgehead atoms. The predicted octanol–water partition coefficient (Wildman–Crippen LogP) is 2.27. The molecule has 1 aliphatic heterocycles. The summed E-state index contributed by atoms with van der Waals surface area (Å²) in [5.41, 5.74) is 1.15. The summed E-state index contributed by atoms with van der Waals surface area (Å²) in [6, 6.07) is 6.93. The number of aromatic nitrogens is 2. The molecule has 1 saturated heterocycles. The van der Waals surface area contributed by atoms with Crippen molar-refractivity contribution in [3.05, 3.63) is 36.7 Å². The number of benzene rings is 1. The summed E-state index contributed by atoms with van der Waals surface area (Å²) in [5, 5.41) is 5.52. The maximum absolute atomic E-state index is 12.2. The molecule has 0 saturated carbocycles. The van der Waals surface area contributed by atoms with Gasteiger partial charge >= 0.3 is 6.03 Å². The lowest BCUT2D eigenvalue weighted by Gasteiger charge is -2.32. The number of ether oxygens (including phenoxy) is 1. The van der Waals surface area contributed by atoms with Crippen LogP contribution in [0.25, 0.3) is 0 Å². The van der Waals surface area contributed by atoms with E-state index < -0.39 is 0 Å². The SMILES string of the molecule is CCOc1ccccc1NC(=O)Nc1cnc(N2CCN(C)CC2)nc1. The number of piperazine rings is 1. The van der Waals surface area contributed by atoms with Crippen LogP contribution in [0.5, 0.6) is 5.75 Å². The minimum atomic E-state index is -0.367. The van der Waals surface area contributed by atoms with Gasteiger partial charge in [0.25, 0.3) is 0 Å². The smallest absolute Gasteiger partial charge is 0.323 e. The Morgan fingerprint density at radius 1 is 1.12 bits per heavy atom. The topological polar surface area (TPSA) is 82.6 Å². The van der Waals surface area contributed by atoms with Gasteiger partial charge in [-0.1, -0.05) is 12.1 Å². The first-order valence-corrected chi connectivity index (χ1v) is 8.71. The molecule has 0 unspecified atom stereocenters. The standard InChI is InChI=1S/C18H24N6O2/c1-3-26-16-7-5-4-6-15(16)22-18(25)21-14-12-19-17(20-13-14)24-10-8-23(2)9-11-24/h4-7,12-13H,3,8-11H2,1-2H3,(H2,21,22,25). The van der Waals surface area contributed by atoms with E-state index in [1.54, 1.807) is 18.5 Å². The van der Waals surface area contributed by atoms with Crippen LogP contribution in [0.15, 0.2) is 36.7 Å². The number of hydrogen-bond donors (Lipinski definition) is 2. The summed E-state index contributed by atoms with van der Waals surface area (Å²) < 4.78 is 5.50. The lowest BCUT2D eigenvalue weighted by molar-refractivity contribution is 0.262. The predicted molar refractivity (Wildman–Crippen MR) is 102 cm³/mol. The second kappa shape index (κ2) is 8.48. The average molecular weight is 356 g/mol. The fraction of sp³-hybridized carbons (Fsp3) is 0.389. The molecule has 0 radical (unpaired) electrons. The average Bonchev–Trinajstić information content (AvgIpc) is 2.65. The van der Waals surface area contributed by atoms with Crippen molar-refractivity contribution in [2.45, 2.75) is 6.92 Å². The summed E-state index contributed by atoms with van der Waals surface area (Å²) in [6.45, 7) is 6.21. The van der Waals surface area contributed by atoms with E-state index >= 15 is 0 Å². The van der Waals surface area contributed by atoms with Crippen molar-refractivity contribution in [2.75, 3.05) is 55.4 Å². The van der Waals surface area contributed by atoms with Gasteiger partial charge in [-0.15, -0.1) is 0 Å². The lowest BCUT2D eigenvalue weighted by atomic mass is 10.3. The number of amides is 2. The summed E-state index contributed by atoms with van der Waals surface area (Å²) in [5.74, 6) is 1.32. The van der Waals surface area contributed by atoms with Crippen molar-refractivity contribution in [1.82, 2.24) is 14.9 Å². The van der Waals surface area contributed by atoms with Crippen LogP contribution < -0.4 is 20.3 Å². The number of nitrogens with one attached hydrogen (secondary N) is 2. The van der Waals surface area contributed by atoms with Crippen molar-refractivity contribution < 1.29 is 9.53 Å². The van der Waals surface area contributed by atoms with Crippen LogP contribution >= 0.6 is 0 Å². The van der Waals surface area contributed by atoms with Gasteiger partial charge in [0.1, 0.15) is 5.75 Å². The monoisotopic (exact) mass is 356 g/mol. The van der Waals surface area contributed by atoms with E-state index in [0.29, 0.717) is 29.7 Å². The number of carbonyl (C=O) groups excluding carboxylic acids is 1. The third-order valence-electron chi connectivity index (χ3n) is 4.12. The van der Waals surface area contributed by atoms with E-state index in [1.807, 2.05) is 25.1 Å². The maximum atomic E-state index is 12.2. The molecule has 0 atom stereocenters. The van der Waals surface area contributed by atoms with Crippen LogP contribution in [-0.2, 0) is 0 Å². The van der Waals surface area contributed by atoms with Crippen LogP contribution in [-0.4, -0.2) is 60.7 Å². The number of urea groups is 1. The van der Waals surface area contributed by atoms with Gasteiger partial charge in [0.2, 0.25) is 5.95 Å². The second-order valence-corrected chi connectivity index (χ2v) is 6.07. The molecule has 8 nitrogen and oxygen atoms in total. The molecule has 1 aromatic heterocycles. The zero-order valence-corrected chi connectivity index (χ0v) is 15.1. The van der Waals surface area contributed by atoms with Gasteiger partial charge < -0.3 is 25.2 Å². The molecule has 138 valence electrons. The molecule has 1 aromatic carbocycles. The summed E-state index contributed by atoms with van der Waals surface area (Å²) >= 11 is 0. The van der Waals surface area contributed by atoms with Crippen LogP contribution in [0.2, 0.25) is 0 Å². The molecular weight excluding hydrogens is 332 g/mol. The minimum absolute atomic E-state index is 0.367. The Morgan fingerprint density at radius 2 is 1.81 bits per heavy atom. The number of nitrogens with zero attached hydrogens (tertiary/aromatic N) is 4. The number of para-hydroxylation sites is 2. The molecule has 2 heterocycles. The molecule has 2 aromatic rings. The van der Waals surface area contributed by atoms with Crippen LogP contribution in [0, 0.1) is 0 Å². The highest BCUT2D eigenvalue weighted by molar-refractivity contribution is 6.00. The molecule has 3 rings (SSSR count). The van der Waals surface area contributed by atoms with Gasteiger partial charge in [-0.2, -0.15) is 0 Å². The largest absolute Gasteiger partial charge is 0.492 e. The van der Waals surface area contributed by atoms with Gasteiger partial charge in [0, 0.05) is 26.2 Å². The van der Waals surface area contributed by atoms with E-state index in [4.69, 9.17) is 4.74 Å². The zero-order chi connectivity index (χ0) is 18.4. The van der Waals surface area contributed by atoms with Crippen LogP contribution in [0.3, 0.4) is 0 Å². The maximum Gasteiger partial charge on any atom is 0.323 e. The molecule has 8 heteroatoms. The highest BCUT2D eigenvalue weighted by atomic mass is 16.5. The van der Waals surface area contributed by atoms with Crippen molar-refractivity contribution in [1.29, 1.82) is 0 Å². The highest BCUT2D eigenvalue weighted by Gasteiger charge is 2.16. The van der Waals surface area contributed by atoms with Crippen LogP contribution in [0.1, 0.15) is 6.92 Å². The Kier molecular flexibility index (Phi) is 5.85. The van der Waals surface area contributed by atoms with E-state index in [1.165, 1.54) is 0 Å². The van der Waals surface area contributed by atoms with E-state index in [2.05, 4.69) is 37.4 Å². The number of rotatable bonds is 5. The molecule has 0 spiro atoms. The Hall–Kier alpha value is -2.87. The number of anilines is 3. The summed E-state index contributed by atoms with van der Waals surface area (Å²) in [4.78, 5) is 25.4. The van der Waals surface area contributed by atoms with Crippen molar-refractivity contribution >= 4 is 23.4 Å². The fourth-order valence-electron chi connectivity index (χ4n) is 2.69. The van der Waals surface area contributed by atoms with Gasteiger partial charge in [-0.3, -0.25) is 0 Å². The molecule has 2 amide bonds. The first-order chi connectivity index (χ1) is 12.7. The first-order valence-electron chi connectivity index (χ1n) is 8.71. The third kappa shape index (κ3) is 4.60. The molecule has 1 aliphatic rings. The van der Waals surface area contributed by atoms with Crippen LogP contribution in [0.4, 0.5) is 22.1 Å². The summed E-state index contributed by atoms with van der Waals surface area (Å²) in [6.07, 6.45) is 3.24. The zero-order valence-electron chi connectivity index (χ0n) is 15.1. The van der Waals surface area contributed by atoms with Crippen molar-refractivity contribution in [3.8, 4) is 5.75 Å². The number of carbonyl (C=O) groups is 1. The quantitative estimate of drug-likeness (QED) is 0.855. The fourth-order valence-corrected chi connectivity index (χ4v) is 2.69. The Balaban J connectivity index is 1.58. The van der Waals surface area contributed by atoms with Gasteiger partial charge in [0.15, 0.2) is 0 Å². The molecule has 1 fully saturated rings. The Labute approximate surface area is 153 Å². The van der Waals surface area contributed by atoms with Gasteiger partial charge in [-0.05, 0) is 26.1 Å². The molecule has 2 N–H and O–H groups in total. The lowest BCUT2D eigenvalue weighted by Crippen LogP contribution is -2.45. The molecular formula is C18H24N6O2. The Bertz CT molecular complexity index is 729. The normalized spacial score (nSPS) is 14.8. The van der Waals surface area contributed by atoms with Gasteiger partial charge in [0.05, 0.1) is 30.4 Å². The summed E-state index contributed by atoms with van der Waals surface area (Å²) in [7, 11) is 2.10. The number of hydrogen-bond acceptors (Lipinski definition) is 6.